The number of carboxylic acids is 1. The van der Waals surface area contributed by atoms with Gasteiger partial charge in [0.25, 0.3) is 0 Å². The maximum Gasteiger partial charge on any atom is 0.311 e. The molecule has 0 atom stereocenters. The predicted octanol–water partition coefficient (Wildman–Crippen LogP) is 2.09. The van der Waals surface area contributed by atoms with E-state index in [-0.39, 0.29) is 0 Å². The van der Waals surface area contributed by atoms with E-state index in [1.165, 1.54) is 6.26 Å². The molecular weight excluding hydrogens is 196 g/mol. The van der Waals surface area contributed by atoms with E-state index >= 15 is 0 Å². The summed E-state index contributed by atoms with van der Waals surface area (Å²) in [6, 6.07) is 7.02. The molecular formula is C11H8O4. The highest BCUT2D eigenvalue weighted by Gasteiger charge is 2.15. The smallest absolute Gasteiger partial charge is 0.311 e. The number of carboxylic acid groups (broad SMARTS) is 1. The zero-order chi connectivity index (χ0) is 10.8. The van der Waals surface area contributed by atoms with E-state index < -0.39 is 18.2 Å². The van der Waals surface area contributed by atoms with Gasteiger partial charge in [0.2, 0.25) is 0 Å². The molecule has 1 aromatic heterocycles. The third-order valence-electron chi connectivity index (χ3n) is 2.09. The fraction of sp³-hybridized carbons (Fsp3) is 0.0909. The Balaban J connectivity index is 2.44. The Kier molecular flexibility index (Phi) is 2.25. The van der Waals surface area contributed by atoms with Crippen LogP contribution in [0.25, 0.3) is 11.0 Å². The highest BCUT2D eigenvalue weighted by atomic mass is 16.4. The summed E-state index contributed by atoms with van der Waals surface area (Å²) in [5.41, 5.74) is 0.916. The van der Waals surface area contributed by atoms with Crippen LogP contribution in [0.4, 0.5) is 0 Å². The minimum absolute atomic E-state index is 0.327. The van der Waals surface area contributed by atoms with Gasteiger partial charge in [-0.1, -0.05) is 18.2 Å². The zero-order valence-corrected chi connectivity index (χ0v) is 7.77. The summed E-state index contributed by atoms with van der Waals surface area (Å²) in [7, 11) is 0. The molecule has 0 spiro atoms. The molecule has 0 amide bonds. The van der Waals surface area contributed by atoms with E-state index in [0.717, 1.165) is 0 Å². The van der Waals surface area contributed by atoms with Crippen molar-refractivity contribution in [3.05, 3.63) is 36.1 Å². The number of Topliss-reactive ketones (excluding diaryl/α,β-unsaturated/α-hetero) is 1. The van der Waals surface area contributed by atoms with Crippen molar-refractivity contribution in [1.82, 2.24) is 0 Å². The van der Waals surface area contributed by atoms with Crippen LogP contribution in [-0.2, 0) is 4.79 Å². The summed E-state index contributed by atoms with van der Waals surface area (Å²) in [5, 5.41) is 9.16. The molecule has 0 saturated heterocycles. The van der Waals surface area contributed by atoms with Gasteiger partial charge in [-0.05, 0) is 6.07 Å². The molecule has 4 nitrogen and oxygen atoms in total. The highest BCUT2D eigenvalue weighted by Crippen LogP contribution is 2.21. The van der Waals surface area contributed by atoms with Crippen LogP contribution in [0, 0.1) is 0 Å². The van der Waals surface area contributed by atoms with Crippen LogP contribution in [-0.4, -0.2) is 16.9 Å². The number of para-hydroxylation sites is 1. The quantitative estimate of drug-likeness (QED) is 0.614. The van der Waals surface area contributed by atoms with Gasteiger partial charge in [-0.25, -0.2) is 0 Å². The van der Waals surface area contributed by atoms with Crippen LogP contribution in [0.15, 0.2) is 34.9 Å². The Labute approximate surface area is 85.1 Å². The lowest BCUT2D eigenvalue weighted by atomic mass is 10.1. The zero-order valence-electron chi connectivity index (χ0n) is 7.77. The van der Waals surface area contributed by atoms with Gasteiger partial charge < -0.3 is 9.52 Å². The largest absolute Gasteiger partial charge is 0.481 e. The second kappa shape index (κ2) is 3.57. The Hall–Kier alpha value is -2.10. The molecule has 4 heteroatoms. The van der Waals surface area contributed by atoms with E-state index in [9.17, 15) is 9.59 Å². The molecule has 1 heterocycles. The van der Waals surface area contributed by atoms with Crippen molar-refractivity contribution >= 4 is 22.7 Å². The molecule has 15 heavy (non-hydrogen) atoms. The van der Waals surface area contributed by atoms with Gasteiger partial charge in [-0.15, -0.1) is 0 Å². The van der Waals surface area contributed by atoms with Crippen LogP contribution in [0.2, 0.25) is 0 Å². The van der Waals surface area contributed by atoms with Crippen LogP contribution >= 0.6 is 0 Å². The van der Waals surface area contributed by atoms with Crippen molar-refractivity contribution in [2.24, 2.45) is 0 Å². The number of furan rings is 1. The number of carbonyl (C=O) groups is 2. The molecule has 0 fully saturated rings. The second-order valence-electron chi connectivity index (χ2n) is 3.14. The average molecular weight is 204 g/mol. The number of hydrogen-bond donors (Lipinski definition) is 1. The van der Waals surface area contributed by atoms with Crippen LogP contribution in [0.3, 0.4) is 0 Å². The second-order valence-corrected chi connectivity index (χ2v) is 3.14. The van der Waals surface area contributed by atoms with Gasteiger partial charge in [-0.3, -0.25) is 9.59 Å². The van der Waals surface area contributed by atoms with Gasteiger partial charge in [0.1, 0.15) is 18.3 Å². The predicted molar refractivity (Wildman–Crippen MR) is 52.8 cm³/mol. The van der Waals surface area contributed by atoms with Crippen LogP contribution < -0.4 is 0 Å². The van der Waals surface area contributed by atoms with Crippen molar-refractivity contribution in [3.8, 4) is 0 Å². The maximum absolute atomic E-state index is 11.5. The average Bonchev–Trinajstić information content (AvgIpc) is 2.59. The number of rotatable bonds is 3. The van der Waals surface area contributed by atoms with Gasteiger partial charge in [-0.2, -0.15) is 0 Å². The number of fused-ring (bicyclic) bond motifs is 1. The summed E-state index contributed by atoms with van der Waals surface area (Å²) in [5.74, 6) is -1.57. The summed E-state index contributed by atoms with van der Waals surface area (Å²) < 4.78 is 5.14. The summed E-state index contributed by atoms with van der Waals surface area (Å²) in [6.45, 7) is 0. The molecule has 76 valence electrons. The van der Waals surface area contributed by atoms with Crippen LogP contribution in [0.1, 0.15) is 16.8 Å². The van der Waals surface area contributed by atoms with E-state index in [2.05, 4.69) is 0 Å². The Morgan fingerprint density at radius 1 is 1.27 bits per heavy atom. The Morgan fingerprint density at radius 2 is 2.00 bits per heavy atom. The first-order valence-corrected chi connectivity index (χ1v) is 4.39. The van der Waals surface area contributed by atoms with Crippen molar-refractivity contribution in [1.29, 1.82) is 0 Å². The number of hydrogen-bond acceptors (Lipinski definition) is 3. The lowest BCUT2D eigenvalue weighted by Gasteiger charge is -1.93. The lowest BCUT2D eigenvalue weighted by Crippen LogP contribution is -2.06. The topological polar surface area (TPSA) is 67.5 Å². The number of benzene rings is 1. The van der Waals surface area contributed by atoms with Crippen molar-refractivity contribution in [2.45, 2.75) is 6.42 Å². The first-order chi connectivity index (χ1) is 7.18. The number of aliphatic carboxylic acids is 1. The highest BCUT2D eigenvalue weighted by molar-refractivity contribution is 6.12. The molecule has 1 aromatic carbocycles. The summed E-state index contributed by atoms with van der Waals surface area (Å²) in [4.78, 5) is 21.9. The first-order valence-electron chi connectivity index (χ1n) is 4.39. The number of ketones is 1. The SMILES string of the molecule is O=C(O)CC(=O)c1coc2ccccc12. The van der Waals surface area contributed by atoms with Gasteiger partial charge >= 0.3 is 5.97 Å². The molecule has 1 N–H and O–H groups in total. The molecule has 0 aliphatic rings. The molecule has 0 unspecified atom stereocenters. The third kappa shape index (κ3) is 1.74. The Morgan fingerprint density at radius 3 is 2.73 bits per heavy atom. The van der Waals surface area contributed by atoms with Gasteiger partial charge in [0, 0.05) is 5.39 Å². The number of carbonyl (C=O) groups excluding carboxylic acids is 1. The normalized spacial score (nSPS) is 10.4. The first kappa shape index (κ1) is 9.45. The van der Waals surface area contributed by atoms with Crippen molar-refractivity contribution < 1.29 is 19.1 Å². The minimum atomic E-state index is -1.13. The molecule has 2 rings (SSSR count). The van der Waals surface area contributed by atoms with E-state index in [0.29, 0.717) is 16.5 Å². The third-order valence-corrected chi connectivity index (χ3v) is 2.09. The minimum Gasteiger partial charge on any atom is -0.481 e. The summed E-state index contributed by atoms with van der Waals surface area (Å²) >= 11 is 0. The van der Waals surface area contributed by atoms with E-state index in [1.54, 1.807) is 24.3 Å². The Bertz CT molecular complexity index is 524. The fourth-order valence-corrected chi connectivity index (χ4v) is 1.43. The molecule has 0 aliphatic carbocycles. The van der Waals surface area contributed by atoms with Gasteiger partial charge in [0.05, 0.1) is 5.56 Å². The van der Waals surface area contributed by atoms with Crippen molar-refractivity contribution in [3.63, 3.8) is 0 Å². The van der Waals surface area contributed by atoms with Crippen LogP contribution in [0.5, 0.6) is 0 Å². The monoisotopic (exact) mass is 204 g/mol. The maximum atomic E-state index is 11.5. The summed E-state index contributed by atoms with van der Waals surface area (Å²) in [6.07, 6.45) is 0.791. The molecule has 2 aromatic rings. The van der Waals surface area contributed by atoms with Gasteiger partial charge in [0.15, 0.2) is 5.78 Å². The molecule has 0 aliphatic heterocycles. The van der Waals surface area contributed by atoms with E-state index in [4.69, 9.17) is 9.52 Å². The van der Waals surface area contributed by atoms with Crippen molar-refractivity contribution in [2.75, 3.05) is 0 Å². The molecule has 0 radical (unpaired) electrons. The molecule has 0 saturated carbocycles. The fourth-order valence-electron chi connectivity index (χ4n) is 1.43. The molecule has 0 bridgehead atoms. The standard InChI is InChI=1S/C11H8O4/c12-9(5-11(13)14)8-6-15-10-4-2-1-3-7(8)10/h1-4,6H,5H2,(H,13,14). The van der Waals surface area contributed by atoms with E-state index in [1.807, 2.05) is 0 Å². The lowest BCUT2D eigenvalue weighted by molar-refractivity contribution is -0.135.